The summed E-state index contributed by atoms with van der Waals surface area (Å²) in [6.07, 6.45) is -0.128. The Kier molecular flexibility index (Phi) is 1.95. The molecule has 74 valence electrons. The van der Waals surface area contributed by atoms with Gasteiger partial charge in [-0.05, 0) is 18.6 Å². The molecular formula is C11H12O3. The first-order valence-electron chi connectivity index (χ1n) is 4.64. The third kappa shape index (κ3) is 1.16. The fourth-order valence-electron chi connectivity index (χ4n) is 1.74. The van der Waals surface area contributed by atoms with Crippen molar-refractivity contribution in [2.45, 2.75) is 25.9 Å². The smallest absolute Gasteiger partial charge is 0.342 e. The van der Waals surface area contributed by atoms with Crippen LogP contribution in [-0.4, -0.2) is 17.2 Å². The highest BCUT2D eigenvalue weighted by molar-refractivity contribution is 5.95. The SMILES string of the molecule is C[C@@H]1c2cccc(O)c2C(=O)O[C@@H]1C. The van der Waals surface area contributed by atoms with Crippen molar-refractivity contribution >= 4 is 5.97 Å². The molecule has 1 aliphatic rings. The van der Waals surface area contributed by atoms with Gasteiger partial charge < -0.3 is 9.84 Å². The number of fused-ring (bicyclic) bond motifs is 1. The van der Waals surface area contributed by atoms with E-state index < -0.39 is 5.97 Å². The Labute approximate surface area is 82.3 Å². The van der Waals surface area contributed by atoms with Crippen LogP contribution in [0, 0.1) is 0 Å². The van der Waals surface area contributed by atoms with Gasteiger partial charge in [0.15, 0.2) is 0 Å². The molecule has 0 amide bonds. The van der Waals surface area contributed by atoms with Crippen molar-refractivity contribution in [3.8, 4) is 5.75 Å². The molecule has 0 saturated carbocycles. The molecule has 0 aliphatic carbocycles. The van der Waals surface area contributed by atoms with Gasteiger partial charge in [0.2, 0.25) is 0 Å². The van der Waals surface area contributed by atoms with Crippen LogP contribution >= 0.6 is 0 Å². The van der Waals surface area contributed by atoms with E-state index in [0.717, 1.165) is 5.56 Å². The standard InChI is InChI=1S/C11H12O3/c1-6-7(2)14-11(13)10-8(6)4-3-5-9(10)12/h3-7,12H,1-2H3/t6-,7+/m0/s1. The van der Waals surface area contributed by atoms with E-state index in [9.17, 15) is 9.90 Å². The summed E-state index contributed by atoms with van der Waals surface area (Å²) in [6.45, 7) is 3.84. The van der Waals surface area contributed by atoms with E-state index in [0.29, 0.717) is 5.56 Å². The molecule has 3 heteroatoms. The molecule has 0 bridgehead atoms. The monoisotopic (exact) mass is 192 g/mol. The number of rotatable bonds is 0. The number of esters is 1. The molecule has 2 atom stereocenters. The van der Waals surface area contributed by atoms with E-state index in [1.807, 2.05) is 19.9 Å². The van der Waals surface area contributed by atoms with Gasteiger partial charge in [-0.25, -0.2) is 4.79 Å². The lowest BCUT2D eigenvalue weighted by Crippen LogP contribution is -2.28. The summed E-state index contributed by atoms with van der Waals surface area (Å²) in [5, 5.41) is 9.53. The average Bonchev–Trinajstić information content (AvgIpc) is 2.14. The molecular weight excluding hydrogens is 180 g/mol. The molecule has 0 spiro atoms. The summed E-state index contributed by atoms with van der Waals surface area (Å²) in [4.78, 5) is 11.5. The van der Waals surface area contributed by atoms with Gasteiger partial charge in [0.25, 0.3) is 0 Å². The second-order valence-corrected chi connectivity index (χ2v) is 3.64. The molecule has 0 saturated heterocycles. The molecule has 1 aromatic carbocycles. The zero-order chi connectivity index (χ0) is 10.3. The Hall–Kier alpha value is -1.51. The molecule has 1 heterocycles. The van der Waals surface area contributed by atoms with Crippen LogP contribution in [0.5, 0.6) is 5.75 Å². The summed E-state index contributed by atoms with van der Waals surface area (Å²) in [7, 11) is 0. The minimum absolute atomic E-state index is 0.00579. The van der Waals surface area contributed by atoms with Gasteiger partial charge in [-0.3, -0.25) is 0 Å². The van der Waals surface area contributed by atoms with Gasteiger partial charge in [0.05, 0.1) is 0 Å². The predicted octanol–water partition coefficient (Wildman–Crippen LogP) is 2.05. The Morgan fingerprint density at radius 2 is 2.07 bits per heavy atom. The van der Waals surface area contributed by atoms with Crippen LogP contribution in [0.2, 0.25) is 0 Å². The minimum atomic E-state index is -0.427. The summed E-state index contributed by atoms with van der Waals surface area (Å²) >= 11 is 0. The third-order valence-electron chi connectivity index (χ3n) is 2.77. The minimum Gasteiger partial charge on any atom is -0.507 e. The van der Waals surface area contributed by atoms with Crippen molar-refractivity contribution < 1.29 is 14.6 Å². The topological polar surface area (TPSA) is 46.5 Å². The van der Waals surface area contributed by atoms with Crippen LogP contribution in [0.3, 0.4) is 0 Å². The number of ether oxygens (including phenoxy) is 1. The van der Waals surface area contributed by atoms with Gasteiger partial charge in [-0.1, -0.05) is 19.1 Å². The van der Waals surface area contributed by atoms with Gasteiger partial charge >= 0.3 is 5.97 Å². The fourth-order valence-corrected chi connectivity index (χ4v) is 1.74. The van der Waals surface area contributed by atoms with E-state index in [1.165, 1.54) is 6.07 Å². The Morgan fingerprint density at radius 3 is 2.79 bits per heavy atom. The quantitative estimate of drug-likeness (QED) is 0.640. The summed E-state index contributed by atoms with van der Waals surface area (Å²) < 4.78 is 5.11. The van der Waals surface area contributed by atoms with Crippen molar-refractivity contribution in [3.63, 3.8) is 0 Å². The zero-order valence-corrected chi connectivity index (χ0v) is 8.15. The van der Waals surface area contributed by atoms with Crippen molar-refractivity contribution in [1.82, 2.24) is 0 Å². The lowest BCUT2D eigenvalue weighted by Gasteiger charge is -2.28. The van der Waals surface area contributed by atoms with E-state index in [2.05, 4.69) is 0 Å². The van der Waals surface area contributed by atoms with Crippen LogP contribution in [0.1, 0.15) is 35.7 Å². The molecule has 0 fully saturated rings. The Balaban J connectivity index is 2.61. The molecule has 0 unspecified atom stereocenters. The maximum atomic E-state index is 11.5. The summed E-state index contributed by atoms with van der Waals surface area (Å²) in [5.41, 5.74) is 1.19. The molecule has 3 nitrogen and oxygen atoms in total. The maximum Gasteiger partial charge on any atom is 0.342 e. The van der Waals surface area contributed by atoms with Crippen molar-refractivity contribution in [2.24, 2.45) is 0 Å². The molecule has 1 aromatic rings. The fraction of sp³-hybridized carbons (Fsp3) is 0.364. The van der Waals surface area contributed by atoms with Crippen LogP contribution < -0.4 is 0 Å². The van der Waals surface area contributed by atoms with Crippen LogP contribution in [-0.2, 0) is 4.74 Å². The van der Waals surface area contributed by atoms with Gasteiger partial charge in [0.1, 0.15) is 17.4 Å². The first-order valence-corrected chi connectivity index (χ1v) is 4.64. The van der Waals surface area contributed by atoms with Gasteiger partial charge in [0, 0.05) is 5.92 Å². The molecule has 0 radical (unpaired) electrons. The first-order chi connectivity index (χ1) is 6.61. The second kappa shape index (κ2) is 3.01. The second-order valence-electron chi connectivity index (χ2n) is 3.64. The van der Waals surface area contributed by atoms with Crippen LogP contribution in [0.25, 0.3) is 0 Å². The van der Waals surface area contributed by atoms with E-state index in [-0.39, 0.29) is 17.8 Å². The zero-order valence-electron chi connectivity index (χ0n) is 8.15. The number of phenolic OH excluding ortho intramolecular Hbond substituents is 1. The first kappa shape index (κ1) is 9.06. The molecule has 0 aromatic heterocycles. The maximum absolute atomic E-state index is 11.5. The number of cyclic esters (lactones) is 1. The molecule has 2 rings (SSSR count). The highest BCUT2D eigenvalue weighted by Crippen LogP contribution is 2.35. The number of hydrogen-bond acceptors (Lipinski definition) is 3. The normalized spacial score (nSPS) is 25.4. The lowest BCUT2D eigenvalue weighted by molar-refractivity contribution is 0.0236. The van der Waals surface area contributed by atoms with Gasteiger partial charge in [-0.15, -0.1) is 0 Å². The number of hydrogen-bond donors (Lipinski definition) is 1. The Morgan fingerprint density at radius 1 is 1.36 bits per heavy atom. The highest BCUT2D eigenvalue weighted by atomic mass is 16.5. The van der Waals surface area contributed by atoms with Crippen molar-refractivity contribution in [3.05, 3.63) is 29.3 Å². The molecule has 1 N–H and O–H groups in total. The van der Waals surface area contributed by atoms with E-state index in [1.54, 1.807) is 6.07 Å². The molecule has 1 aliphatic heterocycles. The van der Waals surface area contributed by atoms with Crippen LogP contribution in [0.15, 0.2) is 18.2 Å². The largest absolute Gasteiger partial charge is 0.507 e. The summed E-state index contributed by atoms with van der Waals surface area (Å²) in [6, 6.07) is 5.11. The van der Waals surface area contributed by atoms with E-state index >= 15 is 0 Å². The predicted molar refractivity (Wildman–Crippen MR) is 51.4 cm³/mol. The highest BCUT2D eigenvalue weighted by Gasteiger charge is 2.31. The number of aromatic hydroxyl groups is 1. The number of phenols is 1. The number of benzene rings is 1. The number of carbonyl (C=O) groups is 1. The number of carbonyl (C=O) groups excluding carboxylic acids is 1. The van der Waals surface area contributed by atoms with E-state index in [4.69, 9.17) is 4.74 Å². The van der Waals surface area contributed by atoms with Crippen molar-refractivity contribution in [2.75, 3.05) is 0 Å². The Bertz CT molecular complexity index is 384. The summed E-state index contributed by atoms with van der Waals surface area (Å²) in [5.74, 6) is -0.287. The molecule has 14 heavy (non-hydrogen) atoms. The van der Waals surface area contributed by atoms with Gasteiger partial charge in [-0.2, -0.15) is 0 Å². The van der Waals surface area contributed by atoms with Crippen LogP contribution in [0.4, 0.5) is 0 Å². The third-order valence-corrected chi connectivity index (χ3v) is 2.77. The average molecular weight is 192 g/mol. The van der Waals surface area contributed by atoms with Crippen molar-refractivity contribution in [1.29, 1.82) is 0 Å². The lowest BCUT2D eigenvalue weighted by atomic mass is 9.89.